The minimum absolute atomic E-state index is 0.471. The number of nitrogens with one attached hydrogen (secondary N) is 1. The van der Waals surface area contributed by atoms with Crippen molar-refractivity contribution >= 4 is 0 Å². The maximum Gasteiger partial charge on any atom is 0.330 e. The van der Waals surface area contributed by atoms with Crippen LogP contribution in [0.2, 0.25) is 0 Å². The van der Waals surface area contributed by atoms with E-state index in [9.17, 15) is 14.7 Å². The van der Waals surface area contributed by atoms with Gasteiger partial charge < -0.3 is 24.8 Å². The Morgan fingerprint density at radius 2 is 2.16 bits per heavy atom. The van der Waals surface area contributed by atoms with Crippen molar-refractivity contribution in [1.29, 1.82) is 0 Å². The molecule has 2 heterocycles. The molecule has 106 valence electrons. The average Bonchev–Trinajstić information content (AvgIpc) is 2.68. The average molecular weight is 274 g/mol. The highest BCUT2D eigenvalue weighted by atomic mass is 16.6. The Labute approximate surface area is 106 Å². The molecule has 0 radical (unpaired) electrons. The first-order valence-corrected chi connectivity index (χ1v) is 5.56. The van der Waals surface area contributed by atoms with Crippen LogP contribution in [0, 0.1) is 0 Å². The van der Waals surface area contributed by atoms with Crippen molar-refractivity contribution in [3.05, 3.63) is 33.1 Å². The van der Waals surface area contributed by atoms with Crippen LogP contribution in [0.25, 0.3) is 0 Å². The van der Waals surface area contributed by atoms with Crippen molar-refractivity contribution in [3.8, 4) is 0 Å². The van der Waals surface area contributed by atoms with Crippen LogP contribution in [0.1, 0.15) is 6.23 Å². The first-order chi connectivity index (χ1) is 9.08. The molecule has 9 nitrogen and oxygen atoms in total. The highest BCUT2D eigenvalue weighted by Gasteiger charge is 2.45. The molecule has 0 spiro atoms. The van der Waals surface area contributed by atoms with E-state index < -0.39 is 49.2 Å². The van der Waals surface area contributed by atoms with Gasteiger partial charge in [-0.15, -0.1) is 0 Å². The molecule has 4 N–H and O–H groups in total. The number of hydrogen-bond donors (Lipinski definition) is 4. The van der Waals surface area contributed by atoms with Gasteiger partial charge >= 0.3 is 5.69 Å². The fourth-order valence-electron chi connectivity index (χ4n) is 1.99. The molecular formula is C10H14N2O7. The van der Waals surface area contributed by atoms with Crippen LogP contribution in [0.4, 0.5) is 0 Å². The molecule has 2 rings (SSSR count). The number of aromatic amines is 1. The van der Waals surface area contributed by atoms with Gasteiger partial charge in [-0.05, 0) is 0 Å². The summed E-state index contributed by atoms with van der Waals surface area (Å²) in [7, 11) is 0. The number of rotatable bonds is 4. The van der Waals surface area contributed by atoms with Gasteiger partial charge in [0.05, 0.1) is 6.61 Å². The smallest absolute Gasteiger partial charge is 0.330 e. The van der Waals surface area contributed by atoms with Gasteiger partial charge in [-0.3, -0.25) is 14.3 Å². The van der Waals surface area contributed by atoms with Crippen LogP contribution in [-0.2, 0) is 9.47 Å². The predicted molar refractivity (Wildman–Crippen MR) is 60.3 cm³/mol. The highest BCUT2D eigenvalue weighted by Crippen LogP contribution is 2.30. The summed E-state index contributed by atoms with van der Waals surface area (Å²) >= 11 is 0. The Morgan fingerprint density at radius 3 is 2.74 bits per heavy atom. The lowest BCUT2D eigenvalue weighted by Gasteiger charge is -2.20. The Balaban J connectivity index is 2.36. The summed E-state index contributed by atoms with van der Waals surface area (Å²) in [4.78, 5) is 24.7. The van der Waals surface area contributed by atoms with E-state index in [2.05, 4.69) is 0 Å². The van der Waals surface area contributed by atoms with Crippen molar-refractivity contribution in [2.45, 2.75) is 24.5 Å². The van der Waals surface area contributed by atoms with Gasteiger partial charge in [-0.2, -0.15) is 0 Å². The molecular weight excluding hydrogens is 260 g/mol. The van der Waals surface area contributed by atoms with Gasteiger partial charge in [-0.1, -0.05) is 0 Å². The third-order valence-electron chi connectivity index (χ3n) is 2.89. The van der Waals surface area contributed by atoms with Gasteiger partial charge in [0.15, 0.2) is 6.23 Å². The minimum atomic E-state index is -1.21. The maximum atomic E-state index is 11.6. The number of aromatic nitrogens is 2. The number of ether oxygens (including phenoxy) is 2. The van der Waals surface area contributed by atoms with Gasteiger partial charge in [0.1, 0.15) is 25.1 Å². The minimum Gasteiger partial charge on any atom is -0.394 e. The third-order valence-corrected chi connectivity index (χ3v) is 2.89. The fraction of sp³-hybridized carbons (Fsp3) is 0.600. The largest absolute Gasteiger partial charge is 0.394 e. The van der Waals surface area contributed by atoms with E-state index >= 15 is 0 Å². The summed E-state index contributed by atoms with van der Waals surface area (Å²) in [6, 6.07) is 1.11. The van der Waals surface area contributed by atoms with E-state index in [1.54, 1.807) is 0 Å². The molecule has 1 fully saturated rings. The second kappa shape index (κ2) is 5.63. The number of hydrogen-bond acceptors (Lipinski definition) is 7. The highest BCUT2D eigenvalue weighted by molar-refractivity contribution is 4.93. The lowest BCUT2D eigenvalue weighted by molar-refractivity contribution is -0.118. The van der Waals surface area contributed by atoms with Crippen LogP contribution in [-0.4, -0.2) is 56.6 Å². The molecule has 1 aliphatic heterocycles. The van der Waals surface area contributed by atoms with Crippen LogP contribution in [0.15, 0.2) is 21.9 Å². The van der Waals surface area contributed by atoms with E-state index in [0.29, 0.717) is 0 Å². The molecule has 0 aromatic carbocycles. The number of aliphatic hydroxyl groups excluding tert-OH is 3. The molecule has 1 aliphatic rings. The molecule has 0 amide bonds. The lowest BCUT2D eigenvalue weighted by atomic mass is 10.1. The summed E-state index contributed by atoms with van der Waals surface area (Å²) in [6.45, 7) is -1.15. The van der Waals surface area contributed by atoms with Gasteiger partial charge in [-0.25, -0.2) is 4.79 Å². The molecule has 1 saturated heterocycles. The second-order valence-corrected chi connectivity index (χ2v) is 4.02. The Morgan fingerprint density at radius 1 is 1.42 bits per heavy atom. The summed E-state index contributed by atoms with van der Waals surface area (Å²) in [5.74, 6) is 0. The number of H-pyrrole nitrogens is 1. The summed E-state index contributed by atoms with van der Waals surface area (Å²) < 4.78 is 11.2. The summed E-state index contributed by atoms with van der Waals surface area (Å²) in [6.07, 6.45) is -3.05. The molecule has 0 bridgehead atoms. The number of aliphatic hydroxyl groups is 3. The van der Waals surface area contributed by atoms with E-state index in [0.717, 1.165) is 10.6 Å². The Kier molecular flexibility index (Phi) is 4.12. The molecule has 4 atom stereocenters. The molecule has 1 aromatic heterocycles. The Hall–Kier alpha value is -1.52. The van der Waals surface area contributed by atoms with Gasteiger partial charge in [0.25, 0.3) is 5.56 Å². The van der Waals surface area contributed by atoms with E-state index in [4.69, 9.17) is 19.7 Å². The molecule has 0 unspecified atom stereocenters. The summed E-state index contributed by atoms with van der Waals surface area (Å²) in [5, 5.41) is 27.7. The normalized spacial score (nSPS) is 30.7. The van der Waals surface area contributed by atoms with Crippen molar-refractivity contribution in [3.63, 3.8) is 0 Å². The molecule has 19 heavy (non-hydrogen) atoms. The third kappa shape index (κ3) is 2.60. The maximum absolute atomic E-state index is 11.6. The number of nitrogens with zero attached hydrogens (tertiary/aromatic N) is 1. The topological polar surface area (TPSA) is 134 Å². The SMILES string of the molecule is O=c1ccn([C@@H]2O[C@H](CO)[C@H](O)[C@H]2OCO)c(=O)[nH]1. The monoisotopic (exact) mass is 274 g/mol. The van der Waals surface area contributed by atoms with Crippen molar-refractivity contribution in [2.24, 2.45) is 0 Å². The van der Waals surface area contributed by atoms with Crippen LogP contribution in [0.5, 0.6) is 0 Å². The van der Waals surface area contributed by atoms with Crippen LogP contribution >= 0.6 is 0 Å². The van der Waals surface area contributed by atoms with Crippen LogP contribution < -0.4 is 11.2 Å². The predicted octanol–water partition coefficient (Wildman–Crippen LogP) is -2.88. The first-order valence-electron chi connectivity index (χ1n) is 5.56. The van der Waals surface area contributed by atoms with Gasteiger partial charge in [0.2, 0.25) is 0 Å². The van der Waals surface area contributed by atoms with E-state index in [1.807, 2.05) is 4.98 Å². The summed E-state index contributed by atoms with van der Waals surface area (Å²) in [5.41, 5.74) is -1.31. The van der Waals surface area contributed by atoms with Gasteiger partial charge in [0, 0.05) is 12.3 Å². The zero-order valence-electron chi connectivity index (χ0n) is 9.80. The van der Waals surface area contributed by atoms with E-state index in [1.165, 1.54) is 6.20 Å². The Bertz CT molecular complexity index is 539. The molecule has 9 heteroatoms. The standard InChI is InChI=1S/C10H14N2O7/c13-3-5-7(16)8(18-4-14)9(19-5)12-2-1-6(15)11-10(12)17/h1-2,5,7-9,13-14,16H,3-4H2,(H,11,15,17)/t5-,7+,8-,9-/m1/s1. The molecule has 0 aliphatic carbocycles. The second-order valence-electron chi connectivity index (χ2n) is 4.02. The zero-order chi connectivity index (χ0) is 14.0. The van der Waals surface area contributed by atoms with Crippen molar-refractivity contribution in [1.82, 2.24) is 9.55 Å². The zero-order valence-corrected chi connectivity index (χ0v) is 9.80. The van der Waals surface area contributed by atoms with Crippen molar-refractivity contribution in [2.75, 3.05) is 13.4 Å². The molecule has 1 aromatic rings. The lowest BCUT2D eigenvalue weighted by Crippen LogP contribution is -2.39. The van der Waals surface area contributed by atoms with Crippen LogP contribution in [0.3, 0.4) is 0 Å². The van der Waals surface area contributed by atoms with E-state index in [-0.39, 0.29) is 0 Å². The first kappa shape index (κ1) is 13.9. The molecule has 0 saturated carbocycles. The van der Waals surface area contributed by atoms with Crippen molar-refractivity contribution < 1.29 is 24.8 Å². The quantitative estimate of drug-likeness (QED) is 0.433. The fourth-order valence-corrected chi connectivity index (χ4v) is 1.99.